The number of amides is 1. The molecule has 0 fully saturated rings. The molecule has 0 saturated heterocycles. The first-order valence-corrected chi connectivity index (χ1v) is 8.45. The minimum Gasteiger partial charge on any atom is -0.482 e. The molecule has 0 radical (unpaired) electrons. The fraction of sp³-hybridized carbons (Fsp3) is 0.333. The summed E-state index contributed by atoms with van der Waals surface area (Å²) < 4.78 is 6.78. The van der Waals surface area contributed by atoms with E-state index in [1.54, 1.807) is 18.2 Å². The van der Waals surface area contributed by atoms with E-state index in [0.717, 1.165) is 6.42 Å². The van der Waals surface area contributed by atoms with Crippen LogP contribution in [0.25, 0.3) is 0 Å². The van der Waals surface area contributed by atoms with E-state index in [-0.39, 0.29) is 29.7 Å². The van der Waals surface area contributed by atoms with Crippen LogP contribution >= 0.6 is 11.8 Å². The number of hydrogen-bond donors (Lipinski definition) is 2. The Morgan fingerprint density at radius 1 is 1.42 bits per heavy atom. The second kappa shape index (κ2) is 6.91. The lowest BCUT2D eigenvalue weighted by atomic mass is 10.1. The van der Waals surface area contributed by atoms with Crippen molar-refractivity contribution >= 4 is 29.1 Å². The van der Waals surface area contributed by atoms with E-state index in [2.05, 4.69) is 15.5 Å². The molecule has 0 saturated carbocycles. The number of rotatable bonds is 6. The minimum atomic E-state index is -0.277. The van der Waals surface area contributed by atoms with Crippen LogP contribution < -0.4 is 15.7 Å². The molecule has 2 heterocycles. The van der Waals surface area contributed by atoms with E-state index in [1.807, 2.05) is 6.92 Å². The van der Waals surface area contributed by atoms with Crippen LogP contribution in [0.4, 0.5) is 5.69 Å². The van der Waals surface area contributed by atoms with Crippen molar-refractivity contribution in [1.29, 1.82) is 0 Å². The van der Waals surface area contributed by atoms with E-state index in [0.29, 0.717) is 28.7 Å². The van der Waals surface area contributed by atoms with Crippen LogP contribution in [-0.2, 0) is 11.3 Å². The quantitative estimate of drug-likeness (QED) is 0.602. The number of ether oxygens (including phenoxy) is 1. The Labute approximate surface area is 141 Å². The molecule has 126 valence electrons. The van der Waals surface area contributed by atoms with Gasteiger partial charge in [-0.1, -0.05) is 18.7 Å². The summed E-state index contributed by atoms with van der Waals surface area (Å²) in [6, 6.07) is 4.91. The highest BCUT2D eigenvalue weighted by molar-refractivity contribution is 7.99. The average molecular weight is 348 g/mol. The van der Waals surface area contributed by atoms with Gasteiger partial charge in [0.25, 0.3) is 5.91 Å². The monoisotopic (exact) mass is 348 g/mol. The van der Waals surface area contributed by atoms with Gasteiger partial charge in [-0.15, -0.1) is 5.10 Å². The minimum absolute atomic E-state index is 0.0236. The van der Waals surface area contributed by atoms with Gasteiger partial charge in [-0.2, -0.15) is 0 Å². The molecule has 1 amide bonds. The Kier molecular flexibility index (Phi) is 4.70. The van der Waals surface area contributed by atoms with E-state index in [1.165, 1.54) is 16.3 Å². The molecule has 2 aromatic rings. The number of carbonyl (C=O) groups is 2. The third-order valence-electron chi connectivity index (χ3n) is 3.44. The predicted octanol–water partition coefficient (Wildman–Crippen LogP) is 1.29. The first-order chi connectivity index (χ1) is 11.6. The molecule has 1 aliphatic rings. The summed E-state index contributed by atoms with van der Waals surface area (Å²) in [5, 5.41) is 9.49. The van der Waals surface area contributed by atoms with Gasteiger partial charge in [0.1, 0.15) is 5.75 Å². The number of aromatic amines is 1. The number of nitrogens with one attached hydrogen (secondary N) is 2. The number of Topliss-reactive ketones (excluding diaryl/α,β-unsaturated/α-hetero) is 1. The zero-order valence-corrected chi connectivity index (χ0v) is 13.8. The Morgan fingerprint density at radius 2 is 2.25 bits per heavy atom. The zero-order chi connectivity index (χ0) is 17.1. The van der Waals surface area contributed by atoms with Crippen molar-refractivity contribution in [2.24, 2.45) is 0 Å². The summed E-state index contributed by atoms with van der Waals surface area (Å²) in [5.41, 5.74) is 0.678. The normalized spacial score (nSPS) is 13.1. The molecule has 1 aromatic heterocycles. The smallest absolute Gasteiger partial charge is 0.343 e. The number of carbonyl (C=O) groups excluding carboxylic acids is 2. The van der Waals surface area contributed by atoms with Crippen LogP contribution in [0.15, 0.2) is 28.2 Å². The Balaban J connectivity index is 1.71. The van der Waals surface area contributed by atoms with Gasteiger partial charge in [0.15, 0.2) is 17.5 Å². The Morgan fingerprint density at radius 3 is 3.04 bits per heavy atom. The highest BCUT2D eigenvalue weighted by Crippen LogP contribution is 2.29. The maximum Gasteiger partial charge on any atom is 0.343 e. The van der Waals surface area contributed by atoms with Crippen LogP contribution in [0, 0.1) is 0 Å². The molecule has 0 bridgehead atoms. The number of aromatic nitrogens is 3. The summed E-state index contributed by atoms with van der Waals surface area (Å²) in [6.45, 7) is 2.49. The van der Waals surface area contributed by atoms with E-state index >= 15 is 0 Å². The number of thioether (sulfide) groups is 1. The number of benzene rings is 1. The number of fused-ring (bicyclic) bond motifs is 1. The van der Waals surface area contributed by atoms with Gasteiger partial charge < -0.3 is 10.1 Å². The van der Waals surface area contributed by atoms with E-state index in [4.69, 9.17) is 4.74 Å². The summed E-state index contributed by atoms with van der Waals surface area (Å²) >= 11 is 1.20. The van der Waals surface area contributed by atoms with Gasteiger partial charge in [0, 0.05) is 12.1 Å². The first kappa shape index (κ1) is 16.3. The van der Waals surface area contributed by atoms with Crippen molar-refractivity contribution in [2.45, 2.75) is 25.0 Å². The second-order valence-corrected chi connectivity index (χ2v) is 6.17. The molecule has 1 aromatic carbocycles. The maximum absolute atomic E-state index is 12.4. The molecular formula is C15H16N4O4S. The average Bonchev–Trinajstić information content (AvgIpc) is 2.92. The third kappa shape index (κ3) is 3.35. The number of hydrogen-bond acceptors (Lipinski definition) is 6. The molecule has 9 heteroatoms. The predicted molar refractivity (Wildman–Crippen MR) is 88.8 cm³/mol. The van der Waals surface area contributed by atoms with Crippen molar-refractivity contribution < 1.29 is 14.3 Å². The topological polar surface area (TPSA) is 106 Å². The highest BCUT2D eigenvalue weighted by atomic mass is 32.2. The standard InChI is InChI=1S/C15H16N4O4S/c1-2-5-19-14(22)17-18-15(19)24-8-11(20)9-3-4-12-10(6-9)16-13(21)7-23-12/h3-4,6H,2,5,7-8H2,1H3,(H,16,21)(H,17,22). The van der Waals surface area contributed by atoms with Gasteiger partial charge >= 0.3 is 5.69 Å². The van der Waals surface area contributed by atoms with Crippen LogP contribution in [0.2, 0.25) is 0 Å². The van der Waals surface area contributed by atoms with Gasteiger partial charge in [-0.3, -0.25) is 14.2 Å². The van der Waals surface area contributed by atoms with Crippen molar-refractivity contribution in [2.75, 3.05) is 17.7 Å². The zero-order valence-electron chi connectivity index (χ0n) is 13.0. The third-order valence-corrected chi connectivity index (χ3v) is 4.41. The van der Waals surface area contributed by atoms with Crippen molar-refractivity contribution in [3.05, 3.63) is 34.2 Å². The van der Waals surface area contributed by atoms with Gasteiger partial charge in [0.2, 0.25) is 0 Å². The molecule has 1 aliphatic heterocycles. The maximum atomic E-state index is 12.4. The summed E-state index contributed by atoms with van der Waals surface area (Å²) in [5.74, 6) is 0.312. The molecule has 0 spiro atoms. The summed E-state index contributed by atoms with van der Waals surface area (Å²) in [7, 11) is 0. The number of H-pyrrole nitrogens is 1. The van der Waals surface area contributed by atoms with Gasteiger partial charge in [-0.05, 0) is 24.6 Å². The SMILES string of the molecule is CCCn1c(SCC(=O)c2ccc3c(c2)NC(=O)CO3)n[nH]c1=O. The first-order valence-electron chi connectivity index (χ1n) is 7.46. The molecule has 0 unspecified atom stereocenters. The molecule has 24 heavy (non-hydrogen) atoms. The van der Waals surface area contributed by atoms with E-state index < -0.39 is 0 Å². The lowest BCUT2D eigenvalue weighted by Crippen LogP contribution is -2.25. The number of nitrogens with zero attached hydrogens (tertiary/aromatic N) is 2. The molecule has 0 atom stereocenters. The van der Waals surface area contributed by atoms with E-state index in [9.17, 15) is 14.4 Å². The molecular weight excluding hydrogens is 332 g/mol. The van der Waals surface area contributed by atoms with Crippen molar-refractivity contribution in [1.82, 2.24) is 14.8 Å². The lowest BCUT2D eigenvalue weighted by Gasteiger charge is -2.18. The highest BCUT2D eigenvalue weighted by Gasteiger charge is 2.18. The Bertz CT molecular complexity index is 842. The largest absolute Gasteiger partial charge is 0.482 e. The van der Waals surface area contributed by atoms with Crippen LogP contribution in [0.1, 0.15) is 23.7 Å². The second-order valence-electron chi connectivity index (χ2n) is 5.22. The summed E-state index contributed by atoms with van der Waals surface area (Å²) in [6.07, 6.45) is 0.797. The summed E-state index contributed by atoms with van der Waals surface area (Å²) in [4.78, 5) is 35.3. The molecule has 0 aliphatic carbocycles. The molecule has 2 N–H and O–H groups in total. The fourth-order valence-corrected chi connectivity index (χ4v) is 3.17. The molecule has 8 nitrogen and oxygen atoms in total. The van der Waals surface area contributed by atoms with Crippen LogP contribution in [-0.4, -0.2) is 38.8 Å². The molecule has 3 rings (SSSR count). The van der Waals surface area contributed by atoms with Crippen molar-refractivity contribution in [3.63, 3.8) is 0 Å². The van der Waals surface area contributed by atoms with Gasteiger partial charge in [0.05, 0.1) is 11.4 Å². The number of anilines is 1. The number of ketones is 1. The Hall–Kier alpha value is -2.55. The van der Waals surface area contributed by atoms with Crippen LogP contribution in [0.3, 0.4) is 0 Å². The van der Waals surface area contributed by atoms with Gasteiger partial charge in [-0.25, -0.2) is 9.89 Å². The fourth-order valence-electron chi connectivity index (χ4n) is 2.30. The van der Waals surface area contributed by atoms with Crippen LogP contribution in [0.5, 0.6) is 5.75 Å². The lowest BCUT2D eigenvalue weighted by molar-refractivity contribution is -0.118. The van der Waals surface area contributed by atoms with Crippen molar-refractivity contribution in [3.8, 4) is 5.75 Å².